The summed E-state index contributed by atoms with van der Waals surface area (Å²) < 4.78 is 7.40. The smallest absolute Gasteiger partial charge is 0.258 e. The minimum Gasteiger partial charge on any atom is -0.489 e. The third kappa shape index (κ3) is 5.76. The van der Waals surface area contributed by atoms with Gasteiger partial charge in [-0.25, -0.2) is 0 Å². The molecule has 0 N–H and O–H groups in total. The van der Waals surface area contributed by atoms with E-state index in [1.54, 1.807) is 16.8 Å². The Balaban J connectivity index is 0.00000132. The van der Waals surface area contributed by atoms with Gasteiger partial charge in [0.05, 0.1) is 0 Å². The van der Waals surface area contributed by atoms with E-state index in [1.807, 2.05) is 62.4 Å². The molecule has 1 aliphatic heterocycles. The number of nitrogens with zero attached hydrogens (tertiary/aromatic N) is 3. The van der Waals surface area contributed by atoms with E-state index in [9.17, 15) is 4.79 Å². The molecular weight excluding hydrogens is 386 g/mol. The van der Waals surface area contributed by atoms with Crippen LogP contribution in [0, 0.1) is 0 Å². The molecule has 0 amide bonds. The quantitative estimate of drug-likeness (QED) is 0.586. The standard InChI is InChI=1S/C24H27N3O2.C2H6/c1-25(2)22-12-14-26(17-22)20-8-10-21(11-9-20)27-15-13-23(16-24(27)28)29-18-19-6-4-3-5-7-19;1-2/h3-11,13,15-16,22H,12,14,17-18H2,1-2H3;1-2H3. The van der Waals surface area contributed by atoms with Gasteiger partial charge in [-0.15, -0.1) is 0 Å². The number of ether oxygens (including phenoxy) is 1. The number of rotatable bonds is 6. The predicted molar refractivity (Wildman–Crippen MR) is 128 cm³/mol. The Morgan fingerprint density at radius 3 is 2.26 bits per heavy atom. The number of aromatic nitrogens is 1. The molecule has 0 bridgehead atoms. The summed E-state index contributed by atoms with van der Waals surface area (Å²) in [5.41, 5.74) is 3.04. The van der Waals surface area contributed by atoms with Gasteiger partial charge < -0.3 is 14.5 Å². The van der Waals surface area contributed by atoms with Gasteiger partial charge in [-0.1, -0.05) is 44.2 Å². The van der Waals surface area contributed by atoms with E-state index >= 15 is 0 Å². The maximum absolute atomic E-state index is 12.6. The lowest BCUT2D eigenvalue weighted by molar-refractivity contribution is 0.305. The van der Waals surface area contributed by atoms with E-state index in [1.165, 1.54) is 12.1 Å². The summed E-state index contributed by atoms with van der Waals surface area (Å²) in [4.78, 5) is 17.3. The average Bonchev–Trinajstić information content (AvgIpc) is 3.31. The first-order chi connectivity index (χ1) is 15.1. The van der Waals surface area contributed by atoms with Gasteiger partial charge in [0.2, 0.25) is 0 Å². The highest BCUT2D eigenvalue weighted by Gasteiger charge is 2.23. The van der Waals surface area contributed by atoms with Crippen LogP contribution in [0.2, 0.25) is 0 Å². The summed E-state index contributed by atoms with van der Waals surface area (Å²) in [7, 11) is 4.27. The molecule has 3 aromatic rings. The second-order valence-electron chi connectivity index (χ2n) is 7.71. The first kappa shape index (κ1) is 22.6. The number of hydrogen-bond donors (Lipinski definition) is 0. The van der Waals surface area contributed by atoms with Gasteiger partial charge in [0.1, 0.15) is 12.4 Å². The van der Waals surface area contributed by atoms with Gasteiger partial charge in [-0.3, -0.25) is 9.36 Å². The van der Waals surface area contributed by atoms with E-state index in [0.717, 1.165) is 24.3 Å². The molecule has 0 radical (unpaired) electrons. The fourth-order valence-electron chi connectivity index (χ4n) is 3.73. The molecule has 164 valence electrons. The normalized spacial score (nSPS) is 15.5. The van der Waals surface area contributed by atoms with Crippen molar-refractivity contribution in [3.05, 3.63) is 88.8 Å². The van der Waals surface area contributed by atoms with Crippen molar-refractivity contribution in [2.75, 3.05) is 32.1 Å². The number of anilines is 1. The molecule has 0 spiro atoms. The van der Waals surface area contributed by atoms with Crippen molar-refractivity contribution in [2.45, 2.75) is 32.9 Å². The Bertz CT molecular complexity index is 997. The summed E-state index contributed by atoms with van der Waals surface area (Å²) in [5, 5.41) is 0. The van der Waals surface area contributed by atoms with Crippen molar-refractivity contribution in [1.82, 2.24) is 9.47 Å². The van der Waals surface area contributed by atoms with Gasteiger partial charge >= 0.3 is 0 Å². The Morgan fingerprint density at radius 1 is 0.968 bits per heavy atom. The lowest BCUT2D eigenvalue weighted by Gasteiger charge is -2.22. The third-order valence-electron chi connectivity index (χ3n) is 5.53. The number of likely N-dealkylation sites (N-methyl/N-ethyl adjacent to an activating group) is 1. The monoisotopic (exact) mass is 419 g/mol. The molecule has 5 nitrogen and oxygen atoms in total. The highest BCUT2D eigenvalue weighted by Crippen LogP contribution is 2.23. The van der Waals surface area contributed by atoms with Crippen molar-refractivity contribution in [1.29, 1.82) is 0 Å². The van der Waals surface area contributed by atoms with Crippen LogP contribution in [0.4, 0.5) is 5.69 Å². The molecule has 1 fully saturated rings. The molecule has 1 aliphatic rings. The van der Waals surface area contributed by atoms with E-state index in [2.05, 4.69) is 36.0 Å². The molecule has 1 saturated heterocycles. The molecule has 1 aromatic heterocycles. The number of benzene rings is 2. The van der Waals surface area contributed by atoms with Crippen LogP contribution in [0.5, 0.6) is 5.75 Å². The van der Waals surface area contributed by atoms with Gasteiger partial charge in [0.25, 0.3) is 5.56 Å². The molecule has 1 unspecified atom stereocenters. The average molecular weight is 420 g/mol. The van der Waals surface area contributed by atoms with Gasteiger partial charge in [0.15, 0.2) is 0 Å². The summed E-state index contributed by atoms with van der Waals surface area (Å²) in [6.07, 6.45) is 2.95. The van der Waals surface area contributed by atoms with Crippen LogP contribution in [0.3, 0.4) is 0 Å². The first-order valence-corrected chi connectivity index (χ1v) is 11.0. The largest absolute Gasteiger partial charge is 0.489 e. The molecule has 2 heterocycles. The Labute approximate surface area is 185 Å². The molecular formula is C26H33N3O2. The number of pyridine rings is 1. The van der Waals surface area contributed by atoms with Crippen LogP contribution in [-0.4, -0.2) is 42.7 Å². The van der Waals surface area contributed by atoms with Crippen molar-refractivity contribution in [3.63, 3.8) is 0 Å². The van der Waals surface area contributed by atoms with Crippen LogP contribution in [0.1, 0.15) is 25.8 Å². The fourth-order valence-corrected chi connectivity index (χ4v) is 3.73. The lowest BCUT2D eigenvalue weighted by Crippen LogP contribution is -2.31. The Kier molecular flexibility index (Phi) is 7.90. The van der Waals surface area contributed by atoms with E-state index < -0.39 is 0 Å². The second-order valence-corrected chi connectivity index (χ2v) is 7.71. The molecule has 2 aromatic carbocycles. The van der Waals surface area contributed by atoms with E-state index in [0.29, 0.717) is 18.4 Å². The maximum atomic E-state index is 12.6. The maximum Gasteiger partial charge on any atom is 0.258 e. The Morgan fingerprint density at radius 2 is 1.65 bits per heavy atom. The van der Waals surface area contributed by atoms with E-state index in [4.69, 9.17) is 4.74 Å². The first-order valence-electron chi connectivity index (χ1n) is 11.0. The minimum atomic E-state index is -0.0999. The van der Waals surface area contributed by atoms with Crippen molar-refractivity contribution >= 4 is 5.69 Å². The summed E-state index contributed by atoms with van der Waals surface area (Å²) in [6, 6.07) is 22.1. The summed E-state index contributed by atoms with van der Waals surface area (Å²) in [6.45, 7) is 6.55. The second kappa shape index (κ2) is 10.8. The summed E-state index contributed by atoms with van der Waals surface area (Å²) >= 11 is 0. The zero-order chi connectivity index (χ0) is 22.2. The molecule has 0 aliphatic carbocycles. The third-order valence-corrected chi connectivity index (χ3v) is 5.53. The van der Waals surface area contributed by atoms with Crippen LogP contribution in [-0.2, 0) is 6.61 Å². The minimum absolute atomic E-state index is 0.0999. The van der Waals surface area contributed by atoms with Gasteiger partial charge in [-0.2, -0.15) is 0 Å². The molecule has 5 heteroatoms. The zero-order valence-corrected chi connectivity index (χ0v) is 19.0. The fraction of sp³-hybridized carbons (Fsp3) is 0.346. The van der Waals surface area contributed by atoms with Crippen LogP contribution >= 0.6 is 0 Å². The number of hydrogen-bond acceptors (Lipinski definition) is 4. The highest BCUT2D eigenvalue weighted by molar-refractivity contribution is 5.52. The van der Waals surface area contributed by atoms with Crippen LogP contribution in [0.15, 0.2) is 77.7 Å². The van der Waals surface area contributed by atoms with Crippen molar-refractivity contribution in [2.24, 2.45) is 0 Å². The van der Waals surface area contributed by atoms with Gasteiger partial charge in [0, 0.05) is 42.8 Å². The molecule has 1 atom stereocenters. The summed E-state index contributed by atoms with van der Waals surface area (Å²) in [5.74, 6) is 0.582. The highest BCUT2D eigenvalue weighted by atomic mass is 16.5. The van der Waals surface area contributed by atoms with Crippen molar-refractivity contribution < 1.29 is 4.74 Å². The SMILES string of the molecule is CC.CN(C)C1CCN(c2ccc(-n3ccc(OCc4ccccc4)cc3=O)cc2)C1. The zero-order valence-electron chi connectivity index (χ0n) is 19.0. The van der Waals surface area contributed by atoms with Crippen molar-refractivity contribution in [3.8, 4) is 11.4 Å². The lowest BCUT2D eigenvalue weighted by atomic mass is 10.2. The van der Waals surface area contributed by atoms with Crippen LogP contribution < -0.4 is 15.2 Å². The molecule has 31 heavy (non-hydrogen) atoms. The predicted octanol–water partition coefficient (Wildman–Crippen LogP) is 4.58. The molecule has 4 rings (SSSR count). The molecule has 0 saturated carbocycles. The van der Waals surface area contributed by atoms with E-state index in [-0.39, 0.29) is 5.56 Å². The Hall–Kier alpha value is -3.05. The van der Waals surface area contributed by atoms with Gasteiger partial charge in [-0.05, 0) is 56.4 Å². The topological polar surface area (TPSA) is 37.7 Å². The van der Waals surface area contributed by atoms with Crippen LogP contribution in [0.25, 0.3) is 5.69 Å².